The minimum atomic E-state index is -0.455. The molecule has 1 aliphatic rings. The summed E-state index contributed by atoms with van der Waals surface area (Å²) in [6, 6.07) is 4.36. The number of benzene rings is 1. The molecule has 1 aliphatic heterocycles. The van der Waals surface area contributed by atoms with E-state index >= 15 is 0 Å². The molecule has 0 bridgehead atoms. The van der Waals surface area contributed by atoms with Gasteiger partial charge in [-0.2, -0.15) is 0 Å². The molecule has 104 valence electrons. The normalized spacial score (nSPS) is 18.1. The highest BCUT2D eigenvalue weighted by molar-refractivity contribution is 6.03. The minimum Gasteiger partial charge on any atom is -0.320 e. The second-order valence-electron chi connectivity index (χ2n) is 4.74. The van der Waals surface area contributed by atoms with Gasteiger partial charge in [0.1, 0.15) is 5.82 Å². The van der Waals surface area contributed by atoms with Crippen molar-refractivity contribution in [3.8, 4) is 11.8 Å². The molecular formula is C15H15FN2O2. The number of nitrogens with zero attached hydrogens (tertiary/aromatic N) is 1. The van der Waals surface area contributed by atoms with Crippen LogP contribution in [-0.4, -0.2) is 23.3 Å². The van der Waals surface area contributed by atoms with Crippen molar-refractivity contribution in [3.63, 3.8) is 0 Å². The lowest BCUT2D eigenvalue weighted by atomic mass is 10.1. The van der Waals surface area contributed by atoms with Gasteiger partial charge in [0.2, 0.25) is 11.8 Å². The predicted octanol–water partition coefficient (Wildman–Crippen LogP) is 1.03. The van der Waals surface area contributed by atoms with Crippen LogP contribution in [-0.2, 0) is 16.1 Å². The standard InChI is InChI=1S/C15H15FN2O2/c1-10-7-14(19)18(15(10)20)9-12-8-11(3-2-6-17)4-5-13(12)16/h4-5,8,10H,6-7,9,17H2,1H3. The largest absolute Gasteiger partial charge is 0.320 e. The van der Waals surface area contributed by atoms with Crippen molar-refractivity contribution in [1.82, 2.24) is 4.90 Å². The summed E-state index contributed by atoms with van der Waals surface area (Å²) in [5.41, 5.74) is 6.18. The zero-order valence-electron chi connectivity index (χ0n) is 11.1. The Hall–Kier alpha value is -2.19. The summed E-state index contributed by atoms with van der Waals surface area (Å²) in [6.07, 6.45) is 0.188. The monoisotopic (exact) mass is 274 g/mol. The molecule has 2 rings (SSSR count). The molecule has 2 amide bonds. The molecule has 0 saturated carbocycles. The molecular weight excluding hydrogens is 259 g/mol. The van der Waals surface area contributed by atoms with Crippen LogP contribution in [0.4, 0.5) is 4.39 Å². The average molecular weight is 274 g/mol. The van der Waals surface area contributed by atoms with Gasteiger partial charge in [-0.25, -0.2) is 4.39 Å². The fraction of sp³-hybridized carbons (Fsp3) is 0.333. The van der Waals surface area contributed by atoms with Gasteiger partial charge >= 0.3 is 0 Å². The summed E-state index contributed by atoms with van der Waals surface area (Å²) in [6.45, 7) is 1.86. The lowest BCUT2D eigenvalue weighted by Crippen LogP contribution is -2.30. The van der Waals surface area contributed by atoms with Crippen LogP contribution in [0.15, 0.2) is 18.2 Å². The Labute approximate surface area is 116 Å². The van der Waals surface area contributed by atoms with Crippen molar-refractivity contribution in [2.45, 2.75) is 19.9 Å². The predicted molar refractivity (Wildman–Crippen MR) is 71.7 cm³/mol. The van der Waals surface area contributed by atoms with Crippen LogP contribution in [0.3, 0.4) is 0 Å². The molecule has 1 saturated heterocycles. The maximum Gasteiger partial charge on any atom is 0.232 e. The van der Waals surface area contributed by atoms with E-state index in [1.54, 1.807) is 13.0 Å². The second-order valence-corrected chi connectivity index (χ2v) is 4.74. The Morgan fingerprint density at radius 2 is 2.20 bits per heavy atom. The maximum atomic E-state index is 13.8. The van der Waals surface area contributed by atoms with Gasteiger partial charge in [-0.15, -0.1) is 0 Å². The fourth-order valence-electron chi connectivity index (χ4n) is 2.11. The number of halogens is 1. The van der Waals surface area contributed by atoms with E-state index in [-0.39, 0.29) is 42.8 Å². The number of amides is 2. The van der Waals surface area contributed by atoms with Crippen LogP contribution < -0.4 is 5.73 Å². The molecule has 0 aromatic heterocycles. The first-order valence-electron chi connectivity index (χ1n) is 6.34. The van der Waals surface area contributed by atoms with Gasteiger partial charge in [-0.3, -0.25) is 14.5 Å². The second kappa shape index (κ2) is 5.85. The Balaban J connectivity index is 2.25. The Morgan fingerprint density at radius 3 is 2.80 bits per heavy atom. The molecule has 1 unspecified atom stereocenters. The summed E-state index contributed by atoms with van der Waals surface area (Å²) in [5, 5.41) is 0. The number of likely N-dealkylation sites (tertiary alicyclic amines) is 1. The molecule has 20 heavy (non-hydrogen) atoms. The number of hydrogen-bond acceptors (Lipinski definition) is 3. The molecule has 0 aliphatic carbocycles. The molecule has 0 radical (unpaired) electrons. The number of rotatable bonds is 2. The minimum absolute atomic E-state index is 0.0496. The van der Waals surface area contributed by atoms with Gasteiger partial charge in [0, 0.05) is 23.5 Å². The molecule has 5 heteroatoms. The van der Waals surface area contributed by atoms with E-state index < -0.39 is 5.82 Å². The van der Waals surface area contributed by atoms with Crippen molar-refractivity contribution in [1.29, 1.82) is 0 Å². The van der Waals surface area contributed by atoms with E-state index in [4.69, 9.17) is 5.73 Å². The molecule has 2 N–H and O–H groups in total. The SMILES string of the molecule is CC1CC(=O)N(Cc2cc(C#CCN)ccc2F)C1=O. The van der Waals surface area contributed by atoms with Crippen molar-refractivity contribution in [3.05, 3.63) is 35.1 Å². The highest BCUT2D eigenvalue weighted by atomic mass is 19.1. The molecule has 4 nitrogen and oxygen atoms in total. The number of carbonyl (C=O) groups excluding carboxylic acids is 2. The molecule has 1 heterocycles. The first kappa shape index (κ1) is 14.2. The first-order valence-corrected chi connectivity index (χ1v) is 6.34. The molecule has 1 aromatic rings. The lowest BCUT2D eigenvalue weighted by Gasteiger charge is -2.15. The summed E-state index contributed by atoms with van der Waals surface area (Å²) in [5.74, 6) is 4.17. The quantitative estimate of drug-likeness (QED) is 0.647. The number of imide groups is 1. The number of hydrogen-bond donors (Lipinski definition) is 1. The van der Waals surface area contributed by atoms with E-state index in [9.17, 15) is 14.0 Å². The van der Waals surface area contributed by atoms with Gasteiger partial charge in [0.15, 0.2) is 0 Å². The smallest absolute Gasteiger partial charge is 0.232 e. The van der Waals surface area contributed by atoms with E-state index in [1.807, 2.05) is 0 Å². The molecule has 0 spiro atoms. The van der Waals surface area contributed by atoms with Crippen molar-refractivity contribution in [2.75, 3.05) is 6.54 Å². The van der Waals surface area contributed by atoms with E-state index in [2.05, 4.69) is 11.8 Å². The topological polar surface area (TPSA) is 63.4 Å². The summed E-state index contributed by atoms with van der Waals surface area (Å²) in [7, 11) is 0. The molecule has 1 fully saturated rings. The van der Waals surface area contributed by atoms with Crippen LogP contribution in [0.2, 0.25) is 0 Å². The Bertz CT molecular complexity index is 616. The van der Waals surface area contributed by atoms with Gasteiger partial charge in [-0.1, -0.05) is 18.8 Å². The van der Waals surface area contributed by atoms with Crippen LogP contribution >= 0.6 is 0 Å². The third kappa shape index (κ3) is 2.86. The van der Waals surface area contributed by atoms with Crippen LogP contribution in [0.5, 0.6) is 0 Å². The molecule has 1 atom stereocenters. The lowest BCUT2D eigenvalue weighted by molar-refractivity contribution is -0.139. The van der Waals surface area contributed by atoms with Crippen molar-refractivity contribution < 1.29 is 14.0 Å². The van der Waals surface area contributed by atoms with Gasteiger partial charge in [0.05, 0.1) is 13.1 Å². The van der Waals surface area contributed by atoms with Crippen LogP contribution in [0, 0.1) is 23.6 Å². The van der Waals surface area contributed by atoms with Gasteiger partial charge < -0.3 is 5.73 Å². The van der Waals surface area contributed by atoms with E-state index in [1.165, 1.54) is 12.1 Å². The highest BCUT2D eigenvalue weighted by Gasteiger charge is 2.35. The van der Waals surface area contributed by atoms with E-state index in [0.717, 1.165) is 4.90 Å². The van der Waals surface area contributed by atoms with Crippen LogP contribution in [0.25, 0.3) is 0 Å². The number of nitrogens with two attached hydrogens (primary N) is 1. The summed E-state index contributed by atoms with van der Waals surface area (Å²) < 4.78 is 13.8. The summed E-state index contributed by atoms with van der Waals surface area (Å²) in [4.78, 5) is 24.6. The Kier molecular flexibility index (Phi) is 4.16. The van der Waals surface area contributed by atoms with Gasteiger partial charge in [-0.05, 0) is 18.2 Å². The zero-order chi connectivity index (χ0) is 14.7. The maximum absolute atomic E-state index is 13.8. The third-order valence-corrected chi connectivity index (χ3v) is 3.18. The first-order chi connectivity index (χ1) is 9.52. The number of carbonyl (C=O) groups is 2. The molecule has 1 aromatic carbocycles. The summed E-state index contributed by atoms with van der Waals surface area (Å²) >= 11 is 0. The van der Waals surface area contributed by atoms with Crippen molar-refractivity contribution in [2.24, 2.45) is 11.7 Å². The zero-order valence-corrected chi connectivity index (χ0v) is 11.1. The Morgan fingerprint density at radius 1 is 1.45 bits per heavy atom. The highest BCUT2D eigenvalue weighted by Crippen LogP contribution is 2.22. The average Bonchev–Trinajstić information content (AvgIpc) is 2.66. The van der Waals surface area contributed by atoms with Gasteiger partial charge in [0.25, 0.3) is 0 Å². The third-order valence-electron chi connectivity index (χ3n) is 3.18. The van der Waals surface area contributed by atoms with Crippen LogP contribution in [0.1, 0.15) is 24.5 Å². The fourth-order valence-corrected chi connectivity index (χ4v) is 2.11. The van der Waals surface area contributed by atoms with Crippen molar-refractivity contribution >= 4 is 11.8 Å². The van der Waals surface area contributed by atoms with E-state index in [0.29, 0.717) is 5.56 Å².